The zero-order chi connectivity index (χ0) is 9.26. The second-order valence-electron chi connectivity index (χ2n) is 3.05. The molecule has 0 fully saturated rings. The first-order valence-corrected chi connectivity index (χ1v) is 4.15. The van der Waals surface area contributed by atoms with E-state index >= 15 is 0 Å². The highest BCUT2D eigenvalue weighted by Gasteiger charge is 2.11. The summed E-state index contributed by atoms with van der Waals surface area (Å²) in [6.45, 7) is 4.53. The molecule has 4 nitrogen and oxygen atoms in total. The molecule has 1 aromatic heterocycles. The van der Waals surface area contributed by atoms with E-state index in [1.165, 1.54) is 0 Å². The molecular weight excluding hydrogens is 164 g/mol. The van der Waals surface area contributed by atoms with Crippen molar-refractivity contribution in [2.75, 3.05) is 6.54 Å². The van der Waals surface area contributed by atoms with E-state index < -0.39 is 0 Å². The Kier molecular flexibility index (Phi) is 1.88. The molecule has 1 aliphatic rings. The lowest BCUT2D eigenvalue weighted by Crippen LogP contribution is -2.07. The molecule has 0 aromatic carbocycles. The molecule has 1 aromatic rings. The van der Waals surface area contributed by atoms with Gasteiger partial charge in [0.05, 0.1) is 5.69 Å². The van der Waals surface area contributed by atoms with Gasteiger partial charge in [-0.25, -0.2) is 0 Å². The van der Waals surface area contributed by atoms with Crippen LogP contribution in [0.5, 0.6) is 0 Å². The fourth-order valence-corrected chi connectivity index (χ4v) is 1.26. The molecule has 0 radical (unpaired) electrons. The minimum absolute atomic E-state index is 0.553. The molecule has 66 valence electrons. The molecule has 0 amide bonds. The third-order valence-electron chi connectivity index (χ3n) is 1.96. The average Bonchev–Trinajstić information content (AvgIpc) is 2.61. The van der Waals surface area contributed by atoms with Crippen LogP contribution in [0.2, 0.25) is 0 Å². The van der Waals surface area contributed by atoms with Crippen molar-refractivity contribution in [1.29, 1.82) is 0 Å². The molecule has 0 N–H and O–H groups in total. The Hall–Kier alpha value is -1.58. The van der Waals surface area contributed by atoms with Gasteiger partial charge in [0.2, 0.25) is 0 Å². The van der Waals surface area contributed by atoms with Crippen molar-refractivity contribution in [2.45, 2.75) is 13.8 Å². The molecule has 1 aliphatic heterocycles. The van der Waals surface area contributed by atoms with Crippen LogP contribution in [0.3, 0.4) is 0 Å². The van der Waals surface area contributed by atoms with Gasteiger partial charge >= 0.3 is 0 Å². The molecule has 0 bridgehead atoms. The second kappa shape index (κ2) is 3.05. The predicted octanol–water partition coefficient (Wildman–Crippen LogP) is 1.87. The van der Waals surface area contributed by atoms with Gasteiger partial charge in [0.15, 0.2) is 0 Å². The second-order valence-corrected chi connectivity index (χ2v) is 3.05. The van der Waals surface area contributed by atoms with E-state index in [0.29, 0.717) is 6.54 Å². The Morgan fingerprint density at radius 1 is 1.23 bits per heavy atom. The first kappa shape index (κ1) is 8.04. The lowest BCUT2D eigenvalue weighted by molar-refractivity contribution is 1.06. The molecule has 13 heavy (non-hydrogen) atoms. The Labute approximate surface area is 76.4 Å². The maximum atomic E-state index is 4.40. The number of aryl methyl sites for hydroxylation is 2. The monoisotopic (exact) mass is 174 g/mol. The van der Waals surface area contributed by atoms with Crippen LogP contribution in [-0.4, -0.2) is 17.2 Å². The summed E-state index contributed by atoms with van der Waals surface area (Å²) in [5, 5.41) is 11.3. The maximum absolute atomic E-state index is 4.40. The molecule has 0 atom stereocenters. The molecule has 0 saturated carbocycles. The molecule has 2 rings (SSSR count). The van der Waals surface area contributed by atoms with Crippen LogP contribution in [0, 0.1) is 13.8 Å². The normalized spacial score (nSPS) is 14.8. The van der Waals surface area contributed by atoms with Gasteiger partial charge in [-0.15, -0.1) is 5.10 Å². The number of pyridine rings is 1. The molecule has 2 heterocycles. The number of hydrogen-bond donors (Lipinski definition) is 0. The van der Waals surface area contributed by atoms with Gasteiger partial charge in [0.1, 0.15) is 12.3 Å². The zero-order valence-corrected chi connectivity index (χ0v) is 7.65. The predicted molar refractivity (Wildman–Crippen MR) is 50.0 cm³/mol. The topological polar surface area (TPSA) is 50.0 Å². The molecule has 0 spiro atoms. The maximum Gasteiger partial charge on any atom is 0.114 e. The molecule has 4 heteroatoms. The molecule has 0 aliphatic carbocycles. The number of rotatable bonds is 1. The summed E-state index contributed by atoms with van der Waals surface area (Å²) < 4.78 is 0. The van der Waals surface area contributed by atoms with Crippen LogP contribution in [-0.2, 0) is 0 Å². The summed E-state index contributed by atoms with van der Waals surface area (Å²) in [4.78, 5) is 4.40. The SMILES string of the molecule is Cc1ccc(C)c(C2=NN=NC2)n1. The molecular formula is C9H10N4. The van der Waals surface area contributed by atoms with E-state index in [9.17, 15) is 0 Å². The van der Waals surface area contributed by atoms with Crippen molar-refractivity contribution in [3.8, 4) is 0 Å². The quantitative estimate of drug-likeness (QED) is 0.641. The summed E-state index contributed by atoms with van der Waals surface area (Å²) in [7, 11) is 0. The van der Waals surface area contributed by atoms with Crippen LogP contribution < -0.4 is 0 Å². The van der Waals surface area contributed by atoms with E-state index in [-0.39, 0.29) is 0 Å². The largest absolute Gasteiger partial charge is 0.251 e. The number of aromatic nitrogens is 1. The third kappa shape index (κ3) is 1.47. The van der Waals surface area contributed by atoms with Crippen LogP contribution in [0.25, 0.3) is 0 Å². The summed E-state index contributed by atoms with van der Waals surface area (Å²) >= 11 is 0. The van der Waals surface area contributed by atoms with Gasteiger partial charge in [0.25, 0.3) is 0 Å². The van der Waals surface area contributed by atoms with Gasteiger partial charge in [0, 0.05) is 5.69 Å². The van der Waals surface area contributed by atoms with Crippen molar-refractivity contribution in [3.05, 3.63) is 29.1 Å². The Balaban J connectivity index is 2.45. The van der Waals surface area contributed by atoms with E-state index in [4.69, 9.17) is 0 Å². The first-order valence-electron chi connectivity index (χ1n) is 4.15. The van der Waals surface area contributed by atoms with Crippen molar-refractivity contribution in [1.82, 2.24) is 4.98 Å². The van der Waals surface area contributed by atoms with E-state index in [0.717, 1.165) is 22.7 Å². The fourth-order valence-electron chi connectivity index (χ4n) is 1.26. The van der Waals surface area contributed by atoms with E-state index in [1.807, 2.05) is 26.0 Å². The Morgan fingerprint density at radius 2 is 2.08 bits per heavy atom. The number of hydrogen-bond acceptors (Lipinski definition) is 4. The van der Waals surface area contributed by atoms with Crippen LogP contribution in [0.15, 0.2) is 27.6 Å². The van der Waals surface area contributed by atoms with Gasteiger partial charge in [-0.2, -0.15) is 5.11 Å². The third-order valence-corrected chi connectivity index (χ3v) is 1.96. The lowest BCUT2D eigenvalue weighted by Gasteiger charge is -2.03. The number of nitrogens with zero attached hydrogens (tertiary/aromatic N) is 4. The smallest absolute Gasteiger partial charge is 0.114 e. The average molecular weight is 174 g/mol. The zero-order valence-electron chi connectivity index (χ0n) is 7.65. The highest BCUT2D eigenvalue weighted by molar-refractivity contribution is 6.02. The Morgan fingerprint density at radius 3 is 2.77 bits per heavy atom. The lowest BCUT2D eigenvalue weighted by atomic mass is 10.1. The molecule has 0 saturated heterocycles. The van der Waals surface area contributed by atoms with Crippen molar-refractivity contribution in [2.24, 2.45) is 15.4 Å². The summed E-state index contributed by atoms with van der Waals surface area (Å²) in [6.07, 6.45) is 0. The minimum atomic E-state index is 0.553. The van der Waals surface area contributed by atoms with Crippen LogP contribution in [0.4, 0.5) is 0 Å². The highest BCUT2D eigenvalue weighted by atomic mass is 15.4. The molecule has 0 unspecified atom stereocenters. The summed E-state index contributed by atoms with van der Waals surface area (Å²) in [5.41, 5.74) is 3.90. The van der Waals surface area contributed by atoms with Gasteiger partial charge in [-0.1, -0.05) is 6.07 Å². The minimum Gasteiger partial charge on any atom is -0.251 e. The van der Waals surface area contributed by atoms with E-state index in [2.05, 4.69) is 20.4 Å². The summed E-state index contributed by atoms with van der Waals surface area (Å²) in [6, 6.07) is 4.03. The Bertz CT molecular complexity index is 393. The van der Waals surface area contributed by atoms with Crippen molar-refractivity contribution < 1.29 is 0 Å². The van der Waals surface area contributed by atoms with Crippen LogP contribution in [0.1, 0.15) is 17.0 Å². The van der Waals surface area contributed by atoms with Gasteiger partial charge < -0.3 is 0 Å². The van der Waals surface area contributed by atoms with Crippen molar-refractivity contribution in [3.63, 3.8) is 0 Å². The standard InChI is InChI=1S/C9H10N4/c1-6-3-4-7(2)11-9(6)8-5-10-13-12-8/h3-4H,5H2,1-2H3. The summed E-state index contributed by atoms with van der Waals surface area (Å²) in [5.74, 6) is 0. The first-order chi connectivity index (χ1) is 6.27. The van der Waals surface area contributed by atoms with Crippen molar-refractivity contribution >= 4 is 5.71 Å². The van der Waals surface area contributed by atoms with Gasteiger partial charge in [-0.05, 0) is 30.7 Å². The van der Waals surface area contributed by atoms with Gasteiger partial charge in [-0.3, -0.25) is 4.98 Å². The highest BCUT2D eigenvalue weighted by Crippen LogP contribution is 2.10. The van der Waals surface area contributed by atoms with E-state index in [1.54, 1.807) is 0 Å². The fraction of sp³-hybridized carbons (Fsp3) is 0.333. The van der Waals surface area contributed by atoms with Crippen LogP contribution >= 0.6 is 0 Å².